The molecule has 6 nitrogen and oxygen atoms in total. The Hall–Kier alpha value is -2.28. The zero-order valence-electron chi connectivity index (χ0n) is 11.0. The summed E-state index contributed by atoms with van der Waals surface area (Å²) in [6.45, 7) is 3.50. The lowest BCUT2D eigenvalue weighted by atomic mass is 10.3. The van der Waals surface area contributed by atoms with Gasteiger partial charge >= 0.3 is 0 Å². The van der Waals surface area contributed by atoms with Gasteiger partial charge in [-0.15, -0.1) is 0 Å². The second-order valence-electron chi connectivity index (χ2n) is 3.99. The molecule has 1 aromatic heterocycles. The van der Waals surface area contributed by atoms with E-state index in [2.05, 4.69) is 9.88 Å². The number of benzene rings is 1. The summed E-state index contributed by atoms with van der Waals surface area (Å²) < 4.78 is 36.5. The molecule has 0 spiro atoms. The topological polar surface area (TPSA) is 81.4 Å². The molecule has 7 heteroatoms. The second kappa shape index (κ2) is 5.79. The van der Waals surface area contributed by atoms with Gasteiger partial charge in [0.25, 0.3) is 10.0 Å². The van der Waals surface area contributed by atoms with Crippen LogP contribution in [-0.4, -0.2) is 13.6 Å². The fourth-order valence-corrected chi connectivity index (χ4v) is 2.44. The Morgan fingerprint density at radius 3 is 2.55 bits per heavy atom. The normalized spacial score (nSPS) is 11.7. The van der Waals surface area contributed by atoms with Crippen LogP contribution in [0.25, 0.3) is 0 Å². The highest BCUT2D eigenvalue weighted by atomic mass is 32.2. The summed E-state index contributed by atoms with van der Waals surface area (Å²) in [5.41, 5.74) is 0. The molecule has 2 rings (SSSR count). The van der Waals surface area contributed by atoms with Crippen LogP contribution in [-0.2, 0) is 10.0 Å². The van der Waals surface area contributed by atoms with Crippen molar-refractivity contribution in [1.29, 1.82) is 0 Å². The summed E-state index contributed by atoms with van der Waals surface area (Å²) in [4.78, 5) is 0.117. The SMILES string of the molecule is C/C=C/Oc1ccc(S(=O)(=O)Nc2cc(C)on2)cc1. The van der Waals surface area contributed by atoms with Crippen molar-refractivity contribution in [3.63, 3.8) is 0 Å². The molecule has 0 bridgehead atoms. The third kappa shape index (κ3) is 3.39. The van der Waals surface area contributed by atoms with Gasteiger partial charge in [-0.3, -0.25) is 4.72 Å². The van der Waals surface area contributed by atoms with Gasteiger partial charge in [-0.1, -0.05) is 11.2 Å². The van der Waals surface area contributed by atoms with E-state index in [1.165, 1.54) is 24.5 Å². The van der Waals surface area contributed by atoms with Crippen LogP contribution >= 0.6 is 0 Å². The van der Waals surface area contributed by atoms with Crippen molar-refractivity contribution in [3.8, 4) is 5.75 Å². The minimum absolute atomic E-state index is 0.117. The van der Waals surface area contributed by atoms with Crippen molar-refractivity contribution in [1.82, 2.24) is 5.16 Å². The van der Waals surface area contributed by atoms with Crippen LogP contribution in [0, 0.1) is 6.92 Å². The number of sulfonamides is 1. The summed E-state index contributed by atoms with van der Waals surface area (Å²) in [5, 5.41) is 3.59. The fourth-order valence-electron chi connectivity index (χ4n) is 1.46. The standard InChI is InChI=1S/C13H14N2O4S/c1-3-8-18-11-4-6-12(7-5-11)20(16,17)15-13-9-10(2)19-14-13/h3-9H,1-2H3,(H,14,15)/b8-3+. The van der Waals surface area contributed by atoms with E-state index in [4.69, 9.17) is 9.26 Å². The highest BCUT2D eigenvalue weighted by molar-refractivity contribution is 7.92. The van der Waals surface area contributed by atoms with Gasteiger partial charge in [-0.25, -0.2) is 8.42 Å². The summed E-state index contributed by atoms with van der Waals surface area (Å²) in [6.07, 6.45) is 3.25. The van der Waals surface area contributed by atoms with Crippen LogP contribution in [0.15, 0.2) is 52.1 Å². The number of allylic oxidation sites excluding steroid dienone is 1. The van der Waals surface area contributed by atoms with E-state index in [1.54, 1.807) is 25.1 Å². The van der Waals surface area contributed by atoms with E-state index >= 15 is 0 Å². The van der Waals surface area contributed by atoms with Gasteiger partial charge in [0.05, 0.1) is 11.2 Å². The Kier molecular flexibility index (Phi) is 4.09. The maximum atomic E-state index is 12.1. The van der Waals surface area contributed by atoms with Gasteiger partial charge in [0.15, 0.2) is 5.82 Å². The third-order valence-corrected chi connectivity index (χ3v) is 3.71. The van der Waals surface area contributed by atoms with Gasteiger partial charge in [-0.05, 0) is 38.1 Å². The molecule has 0 unspecified atom stereocenters. The van der Waals surface area contributed by atoms with Crippen LogP contribution < -0.4 is 9.46 Å². The summed E-state index contributed by atoms with van der Waals surface area (Å²) >= 11 is 0. The highest BCUT2D eigenvalue weighted by Gasteiger charge is 2.16. The fraction of sp³-hybridized carbons (Fsp3) is 0.154. The lowest BCUT2D eigenvalue weighted by molar-refractivity contribution is 0.400. The molecule has 0 radical (unpaired) electrons. The molecule has 106 valence electrons. The first kappa shape index (κ1) is 14.1. The maximum absolute atomic E-state index is 12.1. The number of aryl methyl sites for hydroxylation is 1. The lowest BCUT2D eigenvalue weighted by Gasteiger charge is -2.05. The first-order valence-electron chi connectivity index (χ1n) is 5.85. The highest BCUT2D eigenvalue weighted by Crippen LogP contribution is 2.19. The molecule has 1 N–H and O–H groups in total. The van der Waals surface area contributed by atoms with Crippen molar-refractivity contribution in [2.45, 2.75) is 18.7 Å². The first-order valence-corrected chi connectivity index (χ1v) is 7.33. The van der Waals surface area contributed by atoms with Crippen LogP contribution in [0.1, 0.15) is 12.7 Å². The van der Waals surface area contributed by atoms with Crippen LogP contribution in [0.3, 0.4) is 0 Å². The Balaban J connectivity index is 2.17. The van der Waals surface area contributed by atoms with E-state index in [-0.39, 0.29) is 10.7 Å². The van der Waals surface area contributed by atoms with E-state index in [0.29, 0.717) is 11.5 Å². The third-order valence-electron chi connectivity index (χ3n) is 2.34. The molecule has 1 heterocycles. The van der Waals surface area contributed by atoms with Gasteiger partial charge < -0.3 is 9.26 Å². The number of rotatable bonds is 5. The average Bonchev–Trinajstić information content (AvgIpc) is 2.81. The van der Waals surface area contributed by atoms with Crippen LogP contribution in [0.5, 0.6) is 5.75 Å². The van der Waals surface area contributed by atoms with Crippen LogP contribution in [0.2, 0.25) is 0 Å². The van der Waals surface area contributed by atoms with Gasteiger partial charge in [-0.2, -0.15) is 0 Å². The lowest BCUT2D eigenvalue weighted by Crippen LogP contribution is -2.12. The zero-order chi connectivity index (χ0) is 14.6. The minimum Gasteiger partial charge on any atom is -0.465 e. The van der Waals surface area contributed by atoms with Crippen molar-refractivity contribution in [3.05, 3.63) is 48.4 Å². The Morgan fingerprint density at radius 1 is 1.30 bits per heavy atom. The molecule has 0 fully saturated rings. The number of aromatic nitrogens is 1. The minimum atomic E-state index is -3.68. The molecule has 1 aromatic carbocycles. The first-order chi connectivity index (χ1) is 9.51. The molecule has 2 aromatic rings. The Bertz CT molecular complexity index is 702. The monoisotopic (exact) mass is 294 g/mol. The van der Waals surface area contributed by atoms with Crippen molar-refractivity contribution >= 4 is 15.8 Å². The molecule has 20 heavy (non-hydrogen) atoms. The second-order valence-corrected chi connectivity index (χ2v) is 5.67. The van der Waals surface area contributed by atoms with Crippen molar-refractivity contribution in [2.24, 2.45) is 0 Å². The largest absolute Gasteiger partial charge is 0.465 e. The maximum Gasteiger partial charge on any atom is 0.263 e. The molecule has 0 saturated heterocycles. The zero-order valence-corrected chi connectivity index (χ0v) is 11.8. The van der Waals surface area contributed by atoms with Gasteiger partial charge in [0.1, 0.15) is 11.5 Å². The van der Waals surface area contributed by atoms with E-state index in [0.717, 1.165) is 0 Å². The molecule has 0 aliphatic rings. The molecule has 0 saturated carbocycles. The van der Waals surface area contributed by atoms with E-state index in [9.17, 15) is 8.42 Å². The molecule has 0 amide bonds. The van der Waals surface area contributed by atoms with Crippen molar-refractivity contribution < 1.29 is 17.7 Å². The number of anilines is 1. The molecule has 0 atom stereocenters. The average molecular weight is 294 g/mol. The molecular formula is C13H14N2O4S. The van der Waals surface area contributed by atoms with Gasteiger partial charge in [0.2, 0.25) is 0 Å². The Morgan fingerprint density at radius 2 is 2.00 bits per heavy atom. The number of nitrogens with one attached hydrogen (secondary N) is 1. The smallest absolute Gasteiger partial charge is 0.263 e. The summed E-state index contributed by atoms with van der Waals surface area (Å²) in [6, 6.07) is 7.55. The van der Waals surface area contributed by atoms with Crippen LogP contribution in [0.4, 0.5) is 5.82 Å². The summed E-state index contributed by atoms with van der Waals surface area (Å²) in [7, 11) is -3.68. The van der Waals surface area contributed by atoms with Crippen molar-refractivity contribution in [2.75, 3.05) is 4.72 Å². The predicted molar refractivity (Wildman–Crippen MR) is 73.9 cm³/mol. The quantitative estimate of drug-likeness (QED) is 0.857. The summed E-state index contributed by atoms with van der Waals surface area (Å²) in [5.74, 6) is 1.23. The number of hydrogen-bond donors (Lipinski definition) is 1. The van der Waals surface area contributed by atoms with Gasteiger partial charge in [0, 0.05) is 6.07 Å². The number of ether oxygens (including phenoxy) is 1. The molecule has 0 aliphatic carbocycles. The van der Waals surface area contributed by atoms with E-state index in [1.807, 2.05) is 6.92 Å². The molecular weight excluding hydrogens is 280 g/mol. The Labute approximate surface area is 117 Å². The predicted octanol–water partition coefficient (Wildman–Crippen LogP) is 2.70. The van der Waals surface area contributed by atoms with E-state index < -0.39 is 10.0 Å². The number of hydrogen-bond acceptors (Lipinski definition) is 5. The molecule has 0 aliphatic heterocycles. The number of nitrogens with zero attached hydrogens (tertiary/aromatic N) is 1.